The quantitative estimate of drug-likeness (QED) is 0.330. The highest BCUT2D eigenvalue weighted by molar-refractivity contribution is 5.89. The summed E-state index contributed by atoms with van der Waals surface area (Å²) < 4.78 is 15.0. The minimum atomic E-state index is -0.820. The largest absolute Gasteiger partial charge is 0.490 e. The molecule has 0 saturated carbocycles. The fourth-order valence-electron chi connectivity index (χ4n) is 1.39. The standard InChI is InChI=1S/C15H16O6/c1-4-19-12-7-5-6-11(8-16)14(12)21-13(17)9-20-15(18)10(2)3/h5-8H,2,4,9H2,1,3H3. The van der Waals surface area contributed by atoms with E-state index in [2.05, 4.69) is 11.3 Å². The van der Waals surface area contributed by atoms with Crippen LogP contribution in [0, 0.1) is 0 Å². The van der Waals surface area contributed by atoms with Gasteiger partial charge >= 0.3 is 11.9 Å². The van der Waals surface area contributed by atoms with Gasteiger partial charge in [0.15, 0.2) is 24.4 Å². The van der Waals surface area contributed by atoms with E-state index < -0.39 is 18.5 Å². The third-order valence-electron chi connectivity index (χ3n) is 2.32. The van der Waals surface area contributed by atoms with Crippen LogP contribution in [-0.4, -0.2) is 31.4 Å². The van der Waals surface area contributed by atoms with Gasteiger partial charge in [0.2, 0.25) is 0 Å². The van der Waals surface area contributed by atoms with Crippen molar-refractivity contribution < 1.29 is 28.6 Å². The van der Waals surface area contributed by atoms with E-state index in [1.165, 1.54) is 13.0 Å². The van der Waals surface area contributed by atoms with Gasteiger partial charge in [-0.15, -0.1) is 0 Å². The van der Waals surface area contributed by atoms with Gasteiger partial charge in [-0.25, -0.2) is 9.59 Å². The van der Waals surface area contributed by atoms with Crippen molar-refractivity contribution in [2.45, 2.75) is 13.8 Å². The van der Waals surface area contributed by atoms with Crippen molar-refractivity contribution in [3.8, 4) is 11.5 Å². The van der Waals surface area contributed by atoms with E-state index in [4.69, 9.17) is 9.47 Å². The van der Waals surface area contributed by atoms with Gasteiger partial charge in [0.1, 0.15) is 0 Å². The Bertz CT molecular complexity index is 561. The molecule has 0 N–H and O–H groups in total. The Kier molecular flexibility index (Phi) is 6.13. The average Bonchev–Trinajstić information content (AvgIpc) is 2.46. The Morgan fingerprint density at radius 1 is 1.33 bits per heavy atom. The predicted octanol–water partition coefficient (Wildman–Crippen LogP) is 1.92. The molecule has 1 rings (SSSR count). The predicted molar refractivity (Wildman–Crippen MR) is 74.4 cm³/mol. The first-order chi connectivity index (χ1) is 9.99. The third-order valence-corrected chi connectivity index (χ3v) is 2.32. The lowest BCUT2D eigenvalue weighted by Gasteiger charge is -2.12. The molecule has 0 aromatic heterocycles. The molecule has 1 aromatic carbocycles. The normalized spacial score (nSPS) is 9.62. The van der Waals surface area contributed by atoms with Gasteiger partial charge in [-0.1, -0.05) is 12.6 Å². The molecule has 0 aliphatic heterocycles. The Morgan fingerprint density at radius 2 is 2.05 bits per heavy atom. The number of esters is 2. The van der Waals surface area contributed by atoms with Crippen LogP contribution >= 0.6 is 0 Å². The van der Waals surface area contributed by atoms with E-state index in [1.807, 2.05) is 0 Å². The first kappa shape index (κ1) is 16.4. The fraction of sp³-hybridized carbons (Fsp3) is 0.267. The number of benzene rings is 1. The number of rotatable bonds is 7. The van der Waals surface area contributed by atoms with Gasteiger partial charge in [-0.05, 0) is 26.0 Å². The molecule has 0 amide bonds. The summed E-state index contributed by atoms with van der Waals surface area (Å²) in [5.74, 6) is -1.24. The fourth-order valence-corrected chi connectivity index (χ4v) is 1.39. The second kappa shape index (κ2) is 7.84. The molecule has 6 heteroatoms. The van der Waals surface area contributed by atoms with E-state index >= 15 is 0 Å². The summed E-state index contributed by atoms with van der Waals surface area (Å²) in [5.41, 5.74) is 0.339. The molecule has 21 heavy (non-hydrogen) atoms. The second-order valence-corrected chi connectivity index (χ2v) is 4.06. The van der Waals surface area contributed by atoms with Crippen LogP contribution < -0.4 is 9.47 Å². The highest BCUT2D eigenvalue weighted by atomic mass is 16.6. The van der Waals surface area contributed by atoms with E-state index in [-0.39, 0.29) is 22.6 Å². The molecule has 0 aliphatic carbocycles. The number of carbonyl (C=O) groups excluding carboxylic acids is 3. The van der Waals surface area contributed by atoms with Crippen LogP contribution in [0.15, 0.2) is 30.4 Å². The molecule has 0 aliphatic rings. The molecular formula is C15H16O6. The molecule has 112 valence electrons. The molecule has 0 heterocycles. The maximum absolute atomic E-state index is 11.7. The van der Waals surface area contributed by atoms with Crippen LogP contribution in [0.25, 0.3) is 0 Å². The highest BCUT2D eigenvalue weighted by Crippen LogP contribution is 2.30. The van der Waals surface area contributed by atoms with Gasteiger partial charge < -0.3 is 14.2 Å². The van der Waals surface area contributed by atoms with Crippen molar-refractivity contribution in [2.75, 3.05) is 13.2 Å². The number of carbonyl (C=O) groups is 3. The highest BCUT2D eigenvalue weighted by Gasteiger charge is 2.16. The Balaban J connectivity index is 2.81. The van der Waals surface area contributed by atoms with Crippen LogP contribution in [0.4, 0.5) is 0 Å². The van der Waals surface area contributed by atoms with Gasteiger partial charge in [-0.3, -0.25) is 4.79 Å². The maximum atomic E-state index is 11.7. The minimum Gasteiger partial charge on any atom is -0.490 e. The van der Waals surface area contributed by atoms with E-state index in [0.717, 1.165) is 0 Å². The van der Waals surface area contributed by atoms with Crippen molar-refractivity contribution in [2.24, 2.45) is 0 Å². The summed E-state index contributed by atoms with van der Waals surface area (Å²) in [4.78, 5) is 33.8. The van der Waals surface area contributed by atoms with Gasteiger partial charge in [-0.2, -0.15) is 0 Å². The summed E-state index contributed by atoms with van der Waals surface area (Å²) in [6.07, 6.45) is 0.547. The van der Waals surface area contributed by atoms with Crippen LogP contribution in [0.3, 0.4) is 0 Å². The monoisotopic (exact) mass is 292 g/mol. The first-order valence-corrected chi connectivity index (χ1v) is 6.23. The molecule has 0 radical (unpaired) electrons. The average molecular weight is 292 g/mol. The van der Waals surface area contributed by atoms with E-state index in [1.54, 1.807) is 19.1 Å². The van der Waals surface area contributed by atoms with Crippen molar-refractivity contribution in [3.63, 3.8) is 0 Å². The Hall–Kier alpha value is -2.63. The van der Waals surface area contributed by atoms with Crippen LogP contribution in [0.5, 0.6) is 11.5 Å². The SMILES string of the molecule is C=C(C)C(=O)OCC(=O)Oc1c(C=O)cccc1OCC. The number of hydrogen-bond acceptors (Lipinski definition) is 6. The second-order valence-electron chi connectivity index (χ2n) is 4.06. The van der Waals surface area contributed by atoms with E-state index in [9.17, 15) is 14.4 Å². The van der Waals surface area contributed by atoms with Crippen LogP contribution in [0.1, 0.15) is 24.2 Å². The molecular weight excluding hydrogens is 276 g/mol. The van der Waals surface area contributed by atoms with E-state index in [0.29, 0.717) is 12.9 Å². The number of ether oxygens (including phenoxy) is 3. The summed E-state index contributed by atoms with van der Waals surface area (Å²) in [5, 5.41) is 0. The molecule has 0 atom stereocenters. The molecule has 0 fully saturated rings. The number of aldehydes is 1. The zero-order valence-electron chi connectivity index (χ0n) is 11.9. The van der Waals surface area contributed by atoms with Crippen LogP contribution in [0.2, 0.25) is 0 Å². The van der Waals surface area contributed by atoms with Crippen molar-refractivity contribution in [1.29, 1.82) is 0 Å². The topological polar surface area (TPSA) is 78.9 Å². The summed E-state index contributed by atoms with van der Waals surface area (Å²) in [6, 6.07) is 4.66. The number of hydrogen-bond donors (Lipinski definition) is 0. The number of para-hydroxylation sites is 1. The Labute approximate surface area is 122 Å². The molecule has 0 saturated heterocycles. The molecule has 0 unspecified atom stereocenters. The maximum Gasteiger partial charge on any atom is 0.349 e. The lowest BCUT2D eigenvalue weighted by molar-refractivity contribution is -0.150. The van der Waals surface area contributed by atoms with Crippen LogP contribution in [-0.2, 0) is 14.3 Å². The van der Waals surface area contributed by atoms with Crippen molar-refractivity contribution >= 4 is 18.2 Å². The lowest BCUT2D eigenvalue weighted by atomic mass is 10.2. The molecule has 1 aromatic rings. The summed E-state index contributed by atoms with van der Waals surface area (Å²) in [6.45, 7) is 6.37. The third kappa shape index (κ3) is 4.76. The van der Waals surface area contributed by atoms with Gasteiger partial charge in [0, 0.05) is 5.57 Å². The molecule has 0 spiro atoms. The first-order valence-electron chi connectivity index (χ1n) is 6.23. The molecule has 0 bridgehead atoms. The van der Waals surface area contributed by atoms with Crippen molar-refractivity contribution in [3.05, 3.63) is 35.9 Å². The summed E-state index contributed by atoms with van der Waals surface area (Å²) in [7, 11) is 0. The summed E-state index contributed by atoms with van der Waals surface area (Å²) >= 11 is 0. The van der Waals surface area contributed by atoms with Gasteiger partial charge in [0.25, 0.3) is 0 Å². The molecule has 6 nitrogen and oxygen atoms in total. The van der Waals surface area contributed by atoms with Crippen molar-refractivity contribution in [1.82, 2.24) is 0 Å². The zero-order valence-corrected chi connectivity index (χ0v) is 11.9. The minimum absolute atomic E-state index is 0.00530. The Morgan fingerprint density at radius 3 is 2.62 bits per heavy atom. The lowest BCUT2D eigenvalue weighted by Crippen LogP contribution is -2.20. The van der Waals surface area contributed by atoms with Gasteiger partial charge in [0.05, 0.1) is 12.2 Å². The zero-order chi connectivity index (χ0) is 15.8. The smallest absolute Gasteiger partial charge is 0.349 e.